The molecule has 0 aliphatic heterocycles. The van der Waals surface area contributed by atoms with E-state index in [-0.39, 0.29) is 25.4 Å². The summed E-state index contributed by atoms with van der Waals surface area (Å²) in [6.45, 7) is 9.24. The zero-order valence-electron chi connectivity index (χ0n) is 17.7. The number of hydrogen-bond donors (Lipinski definition) is 2. The van der Waals surface area contributed by atoms with Crippen LogP contribution in [-0.4, -0.2) is 116 Å². The molecule has 2 N–H and O–H groups in total. The molecule has 0 aliphatic rings. The third-order valence-corrected chi connectivity index (χ3v) is 3.38. The highest BCUT2D eigenvalue weighted by molar-refractivity contribution is 5.75. The molecule has 0 saturated heterocycles. The third-order valence-electron chi connectivity index (χ3n) is 3.38. The summed E-state index contributed by atoms with van der Waals surface area (Å²) < 4.78 is 31.6. The number of nitrogens with zero attached hydrogens (tertiary/aromatic N) is 1. The summed E-state index contributed by atoms with van der Waals surface area (Å²) in [6.07, 6.45) is 0.267. The molecule has 11 nitrogen and oxygen atoms in total. The molecule has 0 aromatic heterocycles. The molecule has 0 aliphatic carbocycles. The number of hydrogen-bond acceptors (Lipinski definition) is 9. The fourth-order valence-electron chi connectivity index (χ4n) is 1.89. The first-order valence-corrected chi connectivity index (χ1v) is 10.0. The van der Waals surface area contributed by atoms with E-state index in [0.29, 0.717) is 85.8 Å². The SMILES string of the molecule is C=NCCOCCOCCOCCC(=O)NCCOCCOCCOCCC(=O)O. The van der Waals surface area contributed by atoms with Crippen LogP contribution in [0, 0.1) is 0 Å². The van der Waals surface area contributed by atoms with Crippen molar-refractivity contribution in [1.29, 1.82) is 0 Å². The number of nitrogens with one attached hydrogen (secondary N) is 1. The van der Waals surface area contributed by atoms with Crippen LogP contribution in [0.2, 0.25) is 0 Å². The van der Waals surface area contributed by atoms with E-state index in [4.69, 9.17) is 33.5 Å². The number of carboxylic acid groups (broad SMARTS) is 1. The topological polar surface area (TPSA) is 134 Å². The monoisotopic (exact) mass is 436 g/mol. The van der Waals surface area contributed by atoms with Gasteiger partial charge in [-0.1, -0.05) is 0 Å². The molecule has 30 heavy (non-hydrogen) atoms. The fourth-order valence-corrected chi connectivity index (χ4v) is 1.89. The molecule has 0 atom stereocenters. The minimum absolute atomic E-state index is 0.0133. The molecule has 0 aromatic carbocycles. The van der Waals surface area contributed by atoms with Crippen molar-refractivity contribution in [3.8, 4) is 0 Å². The number of rotatable bonds is 24. The standard InChI is InChI=1S/C19H36N2O9/c1-20-4-8-27-12-16-29-14-10-25-6-2-18(22)21-5-9-28-13-17-30-15-11-26-7-3-19(23)24/h1-17H2,(H,21,22)(H,23,24). The van der Waals surface area contributed by atoms with Crippen LogP contribution >= 0.6 is 0 Å². The van der Waals surface area contributed by atoms with E-state index < -0.39 is 5.97 Å². The van der Waals surface area contributed by atoms with Crippen LogP contribution in [-0.2, 0) is 38.0 Å². The lowest BCUT2D eigenvalue weighted by atomic mass is 10.4. The van der Waals surface area contributed by atoms with Gasteiger partial charge < -0.3 is 38.8 Å². The maximum atomic E-state index is 11.6. The summed E-state index contributed by atoms with van der Waals surface area (Å²) in [4.78, 5) is 25.6. The Kier molecular flexibility index (Phi) is 22.4. The van der Waals surface area contributed by atoms with Gasteiger partial charge in [0.25, 0.3) is 0 Å². The molecule has 0 fully saturated rings. The average Bonchev–Trinajstić information content (AvgIpc) is 2.72. The van der Waals surface area contributed by atoms with Crippen LogP contribution in [0.4, 0.5) is 0 Å². The molecule has 0 radical (unpaired) electrons. The van der Waals surface area contributed by atoms with Crippen molar-refractivity contribution in [2.24, 2.45) is 4.99 Å². The highest BCUT2D eigenvalue weighted by Gasteiger charge is 2.01. The molecular formula is C19H36N2O9. The highest BCUT2D eigenvalue weighted by atomic mass is 16.5. The van der Waals surface area contributed by atoms with E-state index in [2.05, 4.69) is 17.0 Å². The van der Waals surface area contributed by atoms with Crippen molar-refractivity contribution in [2.75, 3.05) is 92.4 Å². The molecule has 0 rings (SSSR count). The van der Waals surface area contributed by atoms with Crippen molar-refractivity contribution in [1.82, 2.24) is 5.32 Å². The van der Waals surface area contributed by atoms with Crippen LogP contribution in [0.1, 0.15) is 12.8 Å². The lowest BCUT2D eigenvalue weighted by Crippen LogP contribution is -2.28. The third kappa shape index (κ3) is 24.4. The Morgan fingerprint density at radius 2 is 1.10 bits per heavy atom. The first kappa shape index (κ1) is 28.4. The molecule has 0 spiro atoms. The highest BCUT2D eigenvalue weighted by Crippen LogP contribution is 1.87. The van der Waals surface area contributed by atoms with Gasteiger partial charge in [-0.15, -0.1) is 0 Å². The molecular weight excluding hydrogens is 400 g/mol. The Balaban J connectivity index is 3.17. The predicted octanol–water partition coefficient (Wildman–Crippen LogP) is -0.232. The second kappa shape index (κ2) is 23.6. The van der Waals surface area contributed by atoms with E-state index in [9.17, 15) is 9.59 Å². The normalized spacial score (nSPS) is 10.8. The maximum absolute atomic E-state index is 11.6. The smallest absolute Gasteiger partial charge is 0.305 e. The molecule has 0 saturated carbocycles. The van der Waals surface area contributed by atoms with Crippen LogP contribution in [0.5, 0.6) is 0 Å². The van der Waals surface area contributed by atoms with Gasteiger partial charge in [-0.3, -0.25) is 14.6 Å². The van der Waals surface area contributed by atoms with E-state index in [1.165, 1.54) is 0 Å². The predicted molar refractivity (Wildman–Crippen MR) is 109 cm³/mol. The number of carbonyl (C=O) groups is 2. The Bertz CT molecular complexity index is 425. The van der Waals surface area contributed by atoms with Crippen molar-refractivity contribution in [3.05, 3.63) is 0 Å². The van der Waals surface area contributed by atoms with Gasteiger partial charge in [0.05, 0.1) is 92.2 Å². The summed E-state index contributed by atoms with van der Waals surface area (Å²) in [5.74, 6) is -0.983. The molecule has 0 aromatic rings. The van der Waals surface area contributed by atoms with E-state index >= 15 is 0 Å². The summed E-state index contributed by atoms with van der Waals surface area (Å²) in [5, 5.41) is 11.2. The minimum atomic E-state index is -0.885. The van der Waals surface area contributed by atoms with E-state index in [1.54, 1.807) is 0 Å². The van der Waals surface area contributed by atoms with Crippen molar-refractivity contribution >= 4 is 18.6 Å². The number of ether oxygens (including phenoxy) is 6. The van der Waals surface area contributed by atoms with Crippen molar-refractivity contribution < 1.29 is 43.1 Å². The Hall–Kier alpha value is -1.63. The second-order valence-electron chi connectivity index (χ2n) is 5.87. The first-order valence-electron chi connectivity index (χ1n) is 10.0. The van der Waals surface area contributed by atoms with E-state index in [0.717, 1.165) is 0 Å². The van der Waals surface area contributed by atoms with Crippen LogP contribution < -0.4 is 5.32 Å². The minimum Gasteiger partial charge on any atom is -0.481 e. The van der Waals surface area contributed by atoms with Gasteiger partial charge in [0, 0.05) is 13.0 Å². The number of aliphatic carboxylic acids is 1. The van der Waals surface area contributed by atoms with E-state index in [1.807, 2.05) is 0 Å². The molecule has 1 amide bonds. The first-order chi connectivity index (χ1) is 14.7. The lowest BCUT2D eigenvalue weighted by Gasteiger charge is -2.08. The number of carbonyl (C=O) groups excluding carboxylic acids is 1. The quantitative estimate of drug-likeness (QED) is 0.155. The molecule has 0 heterocycles. The largest absolute Gasteiger partial charge is 0.481 e. The zero-order chi connectivity index (χ0) is 22.1. The van der Waals surface area contributed by atoms with Gasteiger partial charge in [-0.25, -0.2) is 0 Å². The zero-order valence-corrected chi connectivity index (χ0v) is 17.7. The van der Waals surface area contributed by atoms with Gasteiger partial charge in [0.2, 0.25) is 5.91 Å². The molecule has 11 heteroatoms. The number of carboxylic acids is 1. The maximum Gasteiger partial charge on any atom is 0.305 e. The number of amides is 1. The van der Waals surface area contributed by atoms with Gasteiger partial charge in [0.15, 0.2) is 0 Å². The molecule has 176 valence electrons. The summed E-state index contributed by atoms with van der Waals surface area (Å²) in [7, 11) is 0. The summed E-state index contributed by atoms with van der Waals surface area (Å²) in [6, 6.07) is 0. The Labute approximate surface area is 178 Å². The average molecular weight is 437 g/mol. The van der Waals surface area contributed by atoms with Crippen molar-refractivity contribution in [3.63, 3.8) is 0 Å². The van der Waals surface area contributed by atoms with Gasteiger partial charge in [0.1, 0.15) is 0 Å². The van der Waals surface area contributed by atoms with Gasteiger partial charge in [-0.2, -0.15) is 0 Å². The van der Waals surface area contributed by atoms with Crippen LogP contribution in [0.3, 0.4) is 0 Å². The molecule has 0 bridgehead atoms. The van der Waals surface area contributed by atoms with Gasteiger partial charge >= 0.3 is 5.97 Å². The number of aliphatic imine (C=N–C) groups is 1. The summed E-state index contributed by atoms with van der Waals surface area (Å²) in [5.41, 5.74) is 0. The molecule has 0 unspecified atom stereocenters. The van der Waals surface area contributed by atoms with Crippen molar-refractivity contribution in [2.45, 2.75) is 12.8 Å². The lowest BCUT2D eigenvalue weighted by molar-refractivity contribution is -0.138. The Morgan fingerprint density at radius 1 is 0.667 bits per heavy atom. The van der Waals surface area contributed by atoms with Crippen LogP contribution in [0.15, 0.2) is 4.99 Å². The Morgan fingerprint density at radius 3 is 1.60 bits per heavy atom. The van der Waals surface area contributed by atoms with Crippen LogP contribution in [0.25, 0.3) is 0 Å². The fraction of sp³-hybridized carbons (Fsp3) is 0.842. The van der Waals surface area contributed by atoms with Gasteiger partial charge in [-0.05, 0) is 6.72 Å². The summed E-state index contributed by atoms with van der Waals surface area (Å²) >= 11 is 0. The second-order valence-corrected chi connectivity index (χ2v) is 5.87.